The summed E-state index contributed by atoms with van der Waals surface area (Å²) in [7, 11) is 0. The molecule has 0 spiro atoms. The Morgan fingerprint density at radius 2 is 2.23 bits per heavy atom. The predicted octanol–water partition coefficient (Wildman–Crippen LogP) is 0.998. The molecule has 0 radical (unpaired) electrons. The van der Waals surface area contributed by atoms with Gasteiger partial charge < -0.3 is 9.88 Å². The summed E-state index contributed by atoms with van der Waals surface area (Å²) in [5.41, 5.74) is 0.135. The quantitative estimate of drug-likeness (QED) is 0.705. The molecule has 4 nitrogen and oxygen atoms in total. The molecule has 1 heterocycles. The van der Waals surface area contributed by atoms with Gasteiger partial charge in [-0.1, -0.05) is 0 Å². The number of aromatic nitrogens is 1. The van der Waals surface area contributed by atoms with Gasteiger partial charge in [-0.15, -0.1) is 0 Å². The van der Waals surface area contributed by atoms with Crippen LogP contribution in [0, 0.1) is 0 Å². The number of hydrogen-bond donors (Lipinski definition) is 1. The molecule has 0 aliphatic carbocycles. The molecule has 1 aromatic rings. The fourth-order valence-electron chi connectivity index (χ4n) is 1.09. The van der Waals surface area contributed by atoms with Gasteiger partial charge in [0.2, 0.25) is 6.41 Å². The summed E-state index contributed by atoms with van der Waals surface area (Å²) in [6.07, 6.45) is 2.20. The summed E-state index contributed by atoms with van der Waals surface area (Å²) in [4.78, 5) is 21.7. The van der Waals surface area contributed by atoms with Gasteiger partial charge in [0.05, 0.1) is 0 Å². The number of nitrogens with zero attached hydrogens (tertiary/aromatic N) is 1. The molecule has 1 amide bonds. The second kappa shape index (κ2) is 3.89. The van der Waals surface area contributed by atoms with Crippen molar-refractivity contribution in [3.8, 4) is 0 Å². The van der Waals surface area contributed by atoms with Crippen molar-refractivity contribution in [3.05, 3.63) is 28.7 Å². The average molecular weight is 180 g/mol. The highest BCUT2D eigenvalue weighted by molar-refractivity contribution is 5.70. The molecule has 0 aliphatic heterocycles. The number of carbonyl (C=O) groups is 1. The normalized spacial score (nSPS) is 10.1. The first-order chi connectivity index (χ1) is 6.16. The topological polar surface area (TPSA) is 51.1 Å². The molecule has 0 unspecified atom stereocenters. The maximum absolute atomic E-state index is 11.5. The summed E-state index contributed by atoms with van der Waals surface area (Å²) in [5, 5.41) is 2.36. The van der Waals surface area contributed by atoms with Gasteiger partial charge >= 0.3 is 0 Å². The Hall–Kier alpha value is -1.58. The minimum absolute atomic E-state index is 0.0981. The van der Waals surface area contributed by atoms with Crippen molar-refractivity contribution in [3.63, 3.8) is 0 Å². The molecule has 1 N–H and O–H groups in total. The summed E-state index contributed by atoms with van der Waals surface area (Å²) >= 11 is 0. The van der Waals surface area contributed by atoms with Crippen molar-refractivity contribution < 1.29 is 4.79 Å². The number of rotatable bonds is 3. The molecule has 0 fully saturated rings. The molecule has 0 saturated heterocycles. The molecule has 0 atom stereocenters. The number of hydrogen-bond acceptors (Lipinski definition) is 2. The van der Waals surface area contributed by atoms with E-state index in [1.54, 1.807) is 22.9 Å². The third-order valence-corrected chi connectivity index (χ3v) is 1.75. The molecule has 4 heteroatoms. The van der Waals surface area contributed by atoms with E-state index in [0.717, 1.165) is 0 Å². The van der Waals surface area contributed by atoms with Crippen molar-refractivity contribution in [2.75, 3.05) is 5.32 Å². The summed E-state index contributed by atoms with van der Waals surface area (Å²) < 4.78 is 1.56. The van der Waals surface area contributed by atoms with Gasteiger partial charge in [-0.2, -0.15) is 0 Å². The van der Waals surface area contributed by atoms with Crippen LogP contribution in [-0.4, -0.2) is 11.0 Å². The van der Waals surface area contributed by atoms with E-state index in [1.165, 1.54) is 0 Å². The maximum atomic E-state index is 11.5. The van der Waals surface area contributed by atoms with E-state index in [1.807, 2.05) is 13.8 Å². The van der Waals surface area contributed by atoms with E-state index < -0.39 is 0 Å². The monoisotopic (exact) mass is 180 g/mol. The fraction of sp³-hybridized carbons (Fsp3) is 0.333. The Morgan fingerprint density at radius 1 is 1.54 bits per heavy atom. The van der Waals surface area contributed by atoms with Crippen LogP contribution in [0.1, 0.15) is 19.9 Å². The van der Waals surface area contributed by atoms with Crippen LogP contribution in [0.5, 0.6) is 0 Å². The molecule has 0 bridgehead atoms. The molecule has 13 heavy (non-hydrogen) atoms. The van der Waals surface area contributed by atoms with Crippen molar-refractivity contribution in [2.24, 2.45) is 0 Å². The van der Waals surface area contributed by atoms with Gasteiger partial charge in [-0.3, -0.25) is 9.59 Å². The molecule has 70 valence electrons. The predicted molar refractivity (Wildman–Crippen MR) is 50.8 cm³/mol. The van der Waals surface area contributed by atoms with Crippen LogP contribution in [0.15, 0.2) is 23.1 Å². The average Bonchev–Trinajstić information content (AvgIpc) is 2.08. The van der Waals surface area contributed by atoms with Crippen LogP contribution >= 0.6 is 0 Å². The lowest BCUT2D eigenvalue weighted by Crippen LogP contribution is -2.23. The number of carbonyl (C=O) groups excluding carboxylic acids is 1. The van der Waals surface area contributed by atoms with Crippen LogP contribution in [0.3, 0.4) is 0 Å². The van der Waals surface area contributed by atoms with Crippen LogP contribution in [0.2, 0.25) is 0 Å². The van der Waals surface area contributed by atoms with Gasteiger partial charge in [0.15, 0.2) is 0 Å². The Bertz CT molecular complexity index is 355. The number of pyridine rings is 1. The zero-order chi connectivity index (χ0) is 9.84. The van der Waals surface area contributed by atoms with E-state index in [2.05, 4.69) is 5.32 Å². The van der Waals surface area contributed by atoms with Crippen molar-refractivity contribution in [1.29, 1.82) is 0 Å². The number of nitrogens with one attached hydrogen (secondary N) is 1. The van der Waals surface area contributed by atoms with Crippen molar-refractivity contribution >= 4 is 12.1 Å². The molecule has 1 aromatic heterocycles. The Labute approximate surface area is 76.2 Å². The highest BCUT2D eigenvalue weighted by Crippen LogP contribution is 2.03. The van der Waals surface area contributed by atoms with Crippen molar-refractivity contribution in [2.45, 2.75) is 19.9 Å². The van der Waals surface area contributed by atoms with Crippen LogP contribution in [-0.2, 0) is 4.79 Å². The van der Waals surface area contributed by atoms with E-state index in [9.17, 15) is 9.59 Å². The second-order valence-corrected chi connectivity index (χ2v) is 2.99. The van der Waals surface area contributed by atoms with Crippen LogP contribution in [0.4, 0.5) is 5.69 Å². The molecule has 0 saturated carbocycles. The molecule has 1 rings (SSSR count). The second-order valence-electron chi connectivity index (χ2n) is 2.99. The van der Waals surface area contributed by atoms with Gasteiger partial charge in [-0.05, 0) is 26.0 Å². The minimum Gasteiger partial charge on any atom is -0.324 e. The van der Waals surface area contributed by atoms with Crippen LogP contribution < -0.4 is 10.9 Å². The Morgan fingerprint density at radius 3 is 2.77 bits per heavy atom. The largest absolute Gasteiger partial charge is 0.324 e. The summed E-state index contributed by atoms with van der Waals surface area (Å²) in [5.74, 6) is 0. The standard InChI is InChI=1S/C9H12N2O2/c1-7(2)11-5-3-4-8(9(11)13)10-6-12/h3-7H,1-2H3,(H,10,12). The summed E-state index contributed by atoms with van der Waals surface area (Å²) in [6.45, 7) is 3.82. The highest BCUT2D eigenvalue weighted by Gasteiger charge is 2.03. The van der Waals surface area contributed by atoms with Crippen molar-refractivity contribution in [1.82, 2.24) is 4.57 Å². The Kier molecular flexibility index (Phi) is 2.84. The minimum atomic E-state index is -0.176. The van der Waals surface area contributed by atoms with E-state index in [4.69, 9.17) is 0 Å². The third kappa shape index (κ3) is 1.96. The van der Waals surface area contributed by atoms with E-state index >= 15 is 0 Å². The zero-order valence-electron chi connectivity index (χ0n) is 7.65. The Balaban J connectivity index is 3.18. The SMILES string of the molecule is CC(C)n1cccc(NC=O)c1=O. The number of amides is 1. The van der Waals surface area contributed by atoms with Crippen LogP contribution in [0.25, 0.3) is 0 Å². The third-order valence-electron chi connectivity index (χ3n) is 1.75. The van der Waals surface area contributed by atoms with Gasteiger partial charge in [0.25, 0.3) is 5.56 Å². The van der Waals surface area contributed by atoms with Gasteiger partial charge in [0, 0.05) is 12.2 Å². The van der Waals surface area contributed by atoms with E-state index in [-0.39, 0.29) is 11.6 Å². The fourth-order valence-corrected chi connectivity index (χ4v) is 1.09. The summed E-state index contributed by atoms with van der Waals surface area (Å²) in [6, 6.07) is 3.41. The molecule has 0 aliphatic rings. The highest BCUT2D eigenvalue weighted by atomic mass is 16.1. The van der Waals surface area contributed by atoms with Gasteiger partial charge in [0.1, 0.15) is 5.69 Å². The molecular weight excluding hydrogens is 168 g/mol. The lowest BCUT2D eigenvalue weighted by molar-refractivity contribution is -0.105. The number of anilines is 1. The lowest BCUT2D eigenvalue weighted by Gasteiger charge is -2.10. The first-order valence-corrected chi connectivity index (χ1v) is 4.08. The first-order valence-electron chi connectivity index (χ1n) is 4.08. The first kappa shape index (κ1) is 9.51. The lowest BCUT2D eigenvalue weighted by atomic mass is 10.3. The smallest absolute Gasteiger partial charge is 0.274 e. The van der Waals surface area contributed by atoms with Gasteiger partial charge in [-0.25, -0.2) is 0 Å². The maximum Gasteiger partial charge on any atom is 0.274 e. The van der Waals surface area contributed by atoms with E-state index in [0.29, 0.717) is 12.1 Å². The molecule has 0 aromatic carbocycles. The molecular formula is C9H12N2O2. The zero-order valence-corrected chi connectivity index (χ0v) is 7.65.